The Kier molecular flexibility index (Phi) is 4.24. The number of aryl methyl sites for hydroxylation is 1. The van der Waals surface area contributed by atoms with Gasteiger partial charge in [0, 0.05) is 12.7 Å². The molecule has 6 nitrogen and oxygen atoms in total. The van der Waals surface area contributed by atoms with Crippen molar-refractivity contribution in [3.05, 3.63) is 41.2 Å². The molecule has 0 spiro atoms. The van der Waals surface area contributed by atoms with Crippen molar-refractivity contribution in [2.75, 3.05) is 6.26 Å². The lowest BCUT2D eigenvalue weighted by atomic mass is 9.81. The molecule has 1 aromatic carbocycles. The van der Waals surface area contributed by atoms with E-state index in [9.17, 15) is 8.42 Å². The summed E-state index contributed by atoms with van der Waals surface area (Å²) in [4.78, 5) is 0. The first-order chi connectivity index (χ1) is 10.5. The van der Waals surface area contributed by atoms with E-state index < -0.39 is 9.84 Å². The Morgan fingerprint density at radius 2 is 2.14 bits per heavy atom. The minimum Gasteiger partial charge on any atom is -0.228 e. The molecule has 2 aromatic rings. The molecule has 0 saturated heterocycles. The first-order valence-corrected chi connectivity index (χ1v) is 9.48. The third kappa shape index (κ3) is 3.35. The summed E-state index contributed by atoms with van der Waals surface area (Å²) in [5.41, 5.74) is 2.16. The lowest BCUT2D eigenvalue weighted by Crippen LogP contribution is -2.24. The Morgan fingerprint density at radius 3 is 2.86 bits per heavy atom. The monoisotopic (exact) mass is 320 g/mol. The summed E-state index contributed by atoms with van der Waals surface area (Å²) >= 11 is 0. The van der Waals surface area contributed by atoms with Gasteiger partial charge in [0.2, 0.25) is 0 Å². The van der Waals surface area contributed by atoms with Crippen molar-refractivity contribution in [2.45, 2.75) is 37.4 Å². The molecular formula is C15H20N4O2S. The summed E-state index contributed by atoms with van der Waals surface area (Å²) in [5, 5.41) is 13.5. The van der Waals surface area contributed by atoms with Gasteiger partial charge < -0.3 is 0 Å². The van der Waals surface area contributed by atoms with Crippen molar-refractivity contribution in [2.24, 2.45) is 5.92 Å². The SMILES string of the molecule is CS(=O)(=O)C1C[C@H](CCCc2nn[nH]n2)Cc2ccccc21. The zero-order valence-electron chi connectivity index (χ0n) is 12.6. The van der Waals surface area contributed by atoms with Crippen LogP contribution in [0.15, 0.2) is 24.3 Å². The molecule has 3 rings (SSSR count). The van der Waals surface area contributed by atoms with E-state index in [1.54, 1.807) is 0 Å². The number of sulfone groups is 1. The molecule has 118 valence electrons. The summed E-state index contributed by atoms with van der Waals surface area (Å²) in [6.07, 6.45) is 5.71. The number of nitrogens with one attached hydrogen (secondary N) is 1. The van der Waals surface area contributed by atoms with Crippen LogP contribution < -0.4 is 0 Å². The van der Waals surface area contributed by atoms with Crippen LogP contribution in [0, 0.1) is 5.92 Å². The van der Waals surface area contributed by atoms with E-state index >= 15 is 0 Å². The van der Waals surface area contributed by atoms with Gasteiger partial charge in [0.25, 0.3) is 0 Å². The molecule has 0 saturated carbocycles. The molecule has 1 aliphatic rings. The maximum atomic E-state index is 12.1. The molecule has 0 aliphatic heterocycles. The average Bonchev–Trinajstić information content (AvgIpc) is 2.99. The van der Waals surface area contributed by atoms with Crippen LogP contribution in [0.1, 0.15) is 41.5 Å². The third-order valence-electron chi connectivity index (χ3n) is 4.38. The lowest BCUT2D eigenvalue weighted by molar-refractivity contribution is 0.401. The van der Waals surface area contributed by atoms with Crippen molar-refractivity contribution >= 4 is 9.84 Å². The fourth-order valence-corrected chi connectivity index (χ4v) is 4.63. The number of hydrogen-bond donors (Lipinski definition) is 1. The minimum atomic E-state index is -3.08. The topological polar surface area (TPSA) is 88.6 Å². The van der Waals surface area contributed by atoms with Crippen molar-refractivity contribution in [1.82, 2.24) is 20.6 Å². The summed E-state index contributed by atoms with van der Waals surface area (Å²) in [7, 11) is -3.08. The fraction of sp³-hybridized carbons (Fsp3) is 0.533. The predicted octanol–water partition coefficient (Wildman–Crippen LogP) is 1.87. The van der Waals surface area contributed by atoms with Gasteiger partial charge >= 0.3 is 0 Å². The summed E-state index contributed by atoms with van der Waals surface area (Å²) in [5.74, 6) is 1.11. The van der Waals surface area contributed by atoms with Crippen LogP contribution in [-0.2, 0) is 22.7 Å². The molecule has 1 aromatic heterocycles. The van der Waals surface area contributed by atoms with Gasteiger partial charge in [0.15, 0.2) is 15.7 Å². The molecule has 0 fully saturated rings. The van der Waals surface area contributed by atoms with Gasteiger partial charge in [-0.3, -0.25) is 0 Å². The highest BCUT2D eigenvalue weighted by molar-refractivity contribution is 7.90. The van der Waals surface area contributed by atoms with E-state index in [4.69, 9.17) is 0 Å². The molecule has 7 heteroatoms. The van der Waals surface area contributed by atoms with E-state index in [1.807, 2.05) is 18.2 Å². The molecule has 0 amide bonds. The van der Waals surface area contributed by atoms with E-state index in [1.165, 1.54) is 11.8 Å². The Labute approximate surface area is 130 Å². The standard InChI is InChI=1S/C15H20N4O2S/c1-22(20,21)14-10-11(5-4-8-15-16-18-19-17-15)9-12-6-2-3-7-13(12)14/h2-3,6-7,11,14H,4-5,8-10H2,1H3,(H,16,17,18,19)/t11-,14?/m1/s1. The second kappa shape index (κ2) is 6.16. The number of tetrazole rings is 1. The van der Waals surface area contributed by atoms with E-state index in [0.29, 0.717) is 12.3 Å². The third-order valence-corrected chi connectivity index (χ3v) is 5.86. The number of benzene rings is 1. The predicted molar refractivity (Wildman–Crippen MR) is 83.0 cm³/mol. The Balaban J connectivity index is 1.70. The summed E-state index contributed by atoms with van der Waals surface area (Å²) in [6, 6.07) is 7.92. The van der Waals surface area contributed by atoms with Crippen LogP contribution in [0.25, 0.3) is 0 Å². The number of nitrogens with zero attached hydrogens (tertiary/aromatic N) is 3. The van der Waals surface area contributed by atoms with Gasteiger partial charge in [-0.1, -0.05) is 29.5 Å². The zero-order valence-corrected chi connectivity index (χ0v) is 13.4. The van der Waals surface area contributed by atoms with Gasteiger partial charge in [-0.25, -0.2) is 8.42 Å². The van der Waals surface area contributed by atoms with Gasteiger partial charge in [0.05, 0.1) is 5.25 Å². The maximum absolute atomic E-state index is 12.1. The molecule has 0 bridgehead atoms. The van der Waals surface area contributed by atoms with E-state index in [-0.39, 0.29) is 5.25 Å². The highest BCUT2D eigenvalue weighted by Crippen LogP contribution is 2.39. The summed E-state index contributed by atoms with van der Waals surface area (Å²) < 4.78 is 24.2. The highest BCUT2D eigenvalue weighted by atomic mass is 32.2. The van der Waals surface area contributed by atoms with Crippen molar-refractivity contribution in [3.8, 4) is 0 Å². The largest absolute Gasteiger partial charge is 0.228 e. The second-order valence-electron chi connectivity index (χ2n) is 6.04. The number of hydrogen-bond acceptors (Lipinski definition) is 5. The number of rotatable bonds is 5. The van der Waals surface area contributed by atoms with Crippen LogP contribution >= 0.6 is 0 Å². The molecular weight excluding hydrogens is 300 g/mol. The second-order valence-corrected chi connectivity index (χ2v) is 8.27. The molecule has 22 heavy (non-hydrogen) atoms. The Bertz CT molecular complexity index is 728. The van der Waals surface area contributed by atoms with Crippen LogP contribution in [0.2, 0.25) is 0 Å². The lowest BCUT2D eigenvalue weighted by Gasteiger charge is -2.30. The molecule has 0 radical (unpaired) electrons. The minimum absolute atomic E-state index is 0.368. The van der Waals surface area contributed by atoms with Gasteiger partial charge in [-0.05, 0) is 42.7 Å². The van der Waals surface area contributed by atoms with Gasteiger partial charge in [-0.15, -0.1) is 10.2 Å². The molecule has 1 N–H and O–H groups in total. The van der Waals surface area contributed by atoms with Gasteiger partial charge in [0.1, 0.15) is 0 Å². The fourth-order valence-electron chi connectivity index (χ4n) is 3.32. The van der Waals surface area contributed by atoms with Crippen LogP contribution in [0.5, 0.6) is 0 Å². The number of H-pyrrole nitrogens is 1. The Hall–Kier alpha value is -1.76. The number of aromatic nitrogens is 4. The first-order valence-electron chi connectivity index (χ1n) is 7.53. The van der Waals surface area contributed by atoms with Crippen molar-refractivity contribution in [1.29, 1.82) is 0 Å². The quantitative estimate of drug-likeness (QED) is 0.908. The van der Waals surface area contributed by atoms with Crippen LogP contribution in [0.4, 0.5) is 0 Å². The van der Waals surface area contributed by atoms with E-state index in [2.05, 4.69) is 26.7 Å². The maximum Gasteiger partial charge on any atom is 0.174 e. The van der Waals surface area contributed by atoms with Gasteiger partial charge in [-0.2, -0.15) is 5.21 Å². The summed E-state index contributed by atoms with van der Waals surface area (Å²) in [6.45, 7) is 0. The van der Waals surface area contributed by atoms with Crippen LogP contribution in [0.3, 0.4) is 0 Å². The van der Waals surface area contributed by atoms with Crippen LogP contribution in [-0.4, -0.2) is 35.3 Å². The number of aromatic amines is 1. The number of fused-ring (bicyclic) bond motifs is 1. The smallest absolute Gasteiger partial charge is 0.174 e. The van der Waals surface area contributed by atoms with Crippen molar-refractivity contribution in [3.63, 3.8) is 0 Å². The zero-order chi connectivity index (χ0) is 15.6. The Morgan fingerprint density at radius 1 is 1.32 bits per heavy atom. The molecule has 1 aliphatic carbocycles. The van der Waals surface area contributed by atoms with E-state index in [0.717, 1.165) is 37.1 Å². The molecule has 1 heterocycles. The normalized spacial score (nSPS) is 21.5. The van der Waals surface area contributed by atoms with Crippen molar-refractivity contribution < 1.29 is 8.42 Å². The first kappa shape index (κ1) is 15.1. The highest BCUT2D eigenvalue weighted by Gasteiger charge is 2.32. The molecule has 1 unspecified atom stereocenters. The molecule has 2 atom stereocenters. The average molecular weight is 320 g/mol.